The summed E-state index contributed by atoms with van der Waals surface area (Å²) in [5.74, 6) is -0.0385. The van der Waals surface area contributed by atoms with Gasteiger partial charge < -0.3 is 15.5 Å². The van der Waals surface area contributed by atoms with Gasteiger partial charge in [-0.05, 0) is 29.7 Å². The molecule has 2 aromatic carbocycles. The predicted molar refractivity (Wildman–Crippen MR) is 99.6 cm³/mol. The highest BCUT2D eigenvalue weighted by atomic mass is 35.5. The molecule has 3 amide bonds. The molecule has 0 unspecified atom stereocenters. The number of carbonyl (C=O) groups is 2. The molecule has 0 spiro atoms. The molecule has 2 aromatic rings. The Bertz CT molecular complexity index is 878. The van der Waals surface area contributed by atoms with Crippen LogP contribution in [0.15, 0.2) is 65.9 Å². The van der Waals surface area contributed by atoms with Gasteiger partial charge >= 0.3 is 6.03 Å². The Morgan fingerprint density at radius 3 is 2.50 bits per heavy atom. The van der Waals surface area contributed by atoms with Crippen LogP contribution in [0.4, 0.5) is 4.79 Å². The minimum Gasteiger partial charge on any atom is -0.333 e. The highest BCUT2D eigenvalue weighted by Crippen LogP contribution is 2.32. The number of carbonyl (C=O) groups excluding carboxylic acids is 2. The highest BCUT2D eigenvalue weighted by molar-refractivity contribution is 6.30. The van der Waals surface area contributed by atoms with Crippen molar-refractivity contribution in [3.63, 3.8) is 0 Å². The Morgan fingerprint density at radius 2 is 1.77 bits per heavy atom. The zero-order valence-electron chi connectivity index (χ0n) is 14.0. The third-order valence-electron chi connectivity index (χ3n) is 4.74. The Kier molecular flexibility index (Phi) is 4.39. The second-order valence-electron chi connectivity index (χ2n) is 6.44. The normalized spacial score (nSPS) is 19.3. The molecule has 0 aromatic heterocycles. The minimum absolute atomic E-state index is 0.0385. The Hall–Kier alpha value is -2.79. The van der Waals surface area contributed by atoms with Crippen LogP contribution in [-0.2, 0) is 11.2 Å². The van der Waals surface area contributed by atoms with Crippen molar-refractivity contribution in [1.82, 2.24) is 15.5 Å². The fourth-order valence-corrected chi connectivity index (χ4v) is 3.55. The number of hydrogen-bond acceptors (Lipinski definition) is 2. The van der Waals surface area contributed by atoms with Gasteiger partial charge in [0, 0.05) is 11.6 Å². The molecule has 132 valence electrons. The molecule has 0 saturated heterocycles. The van der Waals surface area contributed by atoms with Gasteiger partial charge in [-0.25, -0.2) is 4.79 Å². The molecule has 5 nitrogen and oxygen atoms in total. The predicted octanol–water partition coefficient (Wildman–Crippen LogP) is 3.03. The van der Waals surface area contributed by atoms with Crippen LogP contribution in [0.3, 0.4) is 0 Å². The number of rotatable bonds is 4. The van der Waals surface area contributed by atoms with Crippen LogP contribution in [0.1, 0.15) is 17.2 Å². The van der Waals surface area contributed by atoms with Gasteiger partial charge in [-0.1, -0.05) is 54.1 Å². The fraction of sp³-hybridized carbons (Fsp3) is 0.200. The number of urea groups is 1. The summed E-state index contributed by atoms with van der Waals surface area (Å²) >= 11 is 5.95. The molecule has 2 aliphatic rings. The first-order valence-electron chi connectivity index (χ1n) is 8.51. The lowest BCUT2D eigenvalue weighted by atomic mass is 9.96. The van der Waals surface area contributed by atoms with Crippen LogP contribution in [0, 0.1) is 0 Å². The summed E-state index contributed by atoms with van der Waals surface area (Å²) in [6, 6.07) is 16.5. The average Bonchev–Trinajstić information content (AvgIpc) is 2.96. The smallest absolute Gasteiger partial charge is 0.319 e. The van der Waals surface area contributed by atoms with E-state index in [0.717, 1.165) is 12.0 Å². The van der Waals surface area contributed by atoms with E-state index in [4.69, 9.17) is 11.6 Å². The van der Waals surface area contributed by atoms with Crippen molar-refractivity contribution in [3.8, 4) is 0 Å². The lowest BCUT2D eigenvalue weighted by molar-refractivity contribution is -0.125. The minimum atomic E-state index is -0.453. The van der Waals surface area contributed by atoms with Crippen molar-refractivity contribution in [1.29, 1.82) is 0 Å². The zero-order valence-corrected chi connectivity index (χ0v) is 14.8. The third-order valence-corrected chi connectivity index (χ3v) is 4.99. The van der Waals surface area contributed by atoms with Gasteiger partial charge in [0.05, 0.1) is 23.9 Å². The highest BCUT2D eigenvalue weighted by Gasteiger charge is 2.40. The molecule has 6 heteroatoms. The summed E-state index contributed by atoms with van der Waals surface area (Å²) in [6.07, 6.45) is 0.778. The van der Waals surface area contributed by atoms with E-state index in [1.807, 2.05) is 42.5 Å². The molecule has 0 fully saturated rings. The van der Waals surface area contributed by atoms with Gasteiger partial charge in [-0.2, -0.15) is 0 Å². The van der Waals surface area contributed by atoms with Gasteiger partial charge in [0.15, 0.2) is 0 Å². The first kappa shape index (κ1) is 16.7. The summed E-state index contributed by atoms with van der Waals surface area (Å²) in [5, 5.41) is 6.25. The molecule has 2 heterocycles. The fourth-order valence-electron chi connectivity index (χ4n) is 3.42. The van der Waals surface area contributed by atoms with E-state index in [1.54, 1.807) is 17.0 Å². The van der Waals surface area contributed by atoms with Crippen molar-refractivity contribution < 1.29 is 9.59 Å². The summed E-state index contributed by atoms with van der Waals surface area (Å²) < 4.78 is 0. The van der Waals surface area contributed by atoms with E-state index in [1.165, 1.54) is 5.56 Å². The molecule has 0 bridgehead atoms. The van der Waals surface area contributed by atoms with Gasteiger partial charge in [-0.15, -0.1) is 0 Å². The Morgan fingerprint density at radius 1 is 1.04 bits per heavy atom. The maximum atomic E-state index is 13.0. The van der Waals surface area contributed by atoms with E-state index < -0.39 is 6.04 Å². The van der Waals surface area contributed by atoms with Crippen molar-refractivity contribution in [3.05, 3.63) is 82.0 Å². The van der Waals surface area contributed by atoms with E-state index in [-0.39, 0.29) is 11.9 Å². The summed E-state index contributed by atoms with van der Waals surface area (Å²) in [5.41, 5.74) is 3.32. The maximum absolute atomic E-state index is 13.0. The second kappa shape index (κ2) is 6.84. The Labute approximate surface area is 156 Å². The van der Waals surface area contributed by atoms with Gasteiger partial charge in [-0.3, -0.25) is 4.79 Å². The van der Waals surface area contributed by atoms with Crippen LogP contribution in [0.5, 0.6) is 0 Å². The van der Waals surface area contributed by atoms with Gasteiger partial charge in [0.25, 0.3) is 5.91 Å². The molecule has 1 atom stereocenters. The molecular weight excluding hydrogens is 350 g/mol. The molecule has 0 saturated carbocycles. The van der Waals surface area contributed by atoms with Crippen molar-refractivity contribution in [2.24, 2.45) is 0 Å². The lowest BCUT2D eigenvalue weighted by Crippen LogP contribution is -2.44. The topological polar surface area (TPSA) is 61.4 Å². The van der Waals surface area contributed by atoms with Crippen LogP contribution >= 0.6 is 11.6 Å². The monoisotopic (exact) mass is 367 g/mol. The van der Waals surface area contributed by atoms with Gasteiger partial charge in [0.1, 0.15) is 0 Å². The lowest BCUT2D eigenvalue weighted by Gasteiger charge is -2.25. The standard InChI is InChI=1S/C20H18ClN3O2/c21-15-8-6-14(7-9-15)18-17-16(22-20(26)23-18)12-24(19(17)25)11-10-13-4-2-1-3-5-13/h1-9,18H,10-12H2,(H2,22,23,26)/t18-/m0/s1. The first-order chi connectivity index (χ1) is 12.6. The van der Waals surface area contributed by atoms with Crippen LogP contribution in [0.2, 0.25) is 5.02 Å². The third kappa shape index (κ3) is 3.18. The van der Waals surface area contributed by atoms with E-state index in [9.17, 15) is 9.59 Å². The van der Waals surface area contributed by atoms with Crippen LogP contribution in [0.25, 0.3) is 0 Å². The number of nitrogens with zero attached hydrogens (tertiary/aromatic N) is 1. The number of hydrogen-bond donors (Lipinski definition) is 2. The van der Waals surface area contributed by atoms with Gasteiger partial charge in [0.2, 0.25) is 0 Å². The quantitative estimate of drug-likeness (QED) is 0.872. The van der Waals surface area contributed by atoms with Crippen LogP contribution in [-0.4, -0.2) is 29.9 Å². The SMILES string of the molecule is O=C1NC2=C(C(=O)N(CCc3ccccc3)C2)[C@H](c2ccc(Cl)cc2)N1. The summed E-state index contributed by atoms with van der Waals surface area (Å²) in [4.78, 5) is 26.8. The number of nitrogens with one attached hydrogen (secondary N) is 2. The largest absolute Gasteiger partial charge is 0.333 e. The molecular formula is C20H18ClN3O2. The van der Waals surface area contributed by atoms with Crippen molar-refractivity contribution in [2.75, 3.05) is 13.1 Å². The van der Waals surface area contributed by atoms with Crippen molar-refractivity contribution in [2.45, 2.75) is 12.5 Å². The van der Waals surface area contributed by atoms with Crippen LogP contribution < -0.4 is 10.6 Å². The zero-order chi connectivity index (χ0) is 18.1. The summed E-state index contributed by atoms with van der Waals surface area (Å²) in [6.45, 7) is 1.04. The number of amides is 3. The van der Waals surface area contributed by atoms with E-state index in [0.29, 0.717) is 29.4 Å². The Balaban J connectivity index is 1.55. The first-order valence-corrected chi connectivity index (χ1v) is 8.89. The molecule has 2 aliphatic heterocycles. The number of benzene rings is 2. The number of halogens is 1. The second-order valence-corrected chi connectivity index (χ2v) is 6.87. The van der Waals surface area contributed by atoms with E-state index in [2.05, 4.69) is 10.6 Å². The summed E-state index contributed by atoms with van der Waals surface area (Å²) in [7, 11) is 0. The maximum Gasteiger partial charge on any atom is 0.319 e. The molecule has 2 N–H and O–H groups in total. The molecule has 26 heavy (non-hydrogen) atoms. The molecule has 0 radical (unpaired) electrons. The van der Waals surface area contributed by atoms with Crippen molar-refractivity contribution >= 4 is 23.5 Å². The average molecular weight is 368 g/mol. The molecule has 0 aliphatic carbocycles. The molecule has 4 rings (SSSR count). The van der Waals surface area contributed by atoms with E-state index >= 15 is 0 Å².